The maximum atomic E-state index is 14.6. The molecule has 0 spiro atoms. The van der Waals surface area contributed by atoms with E-state index in [4.69, 9.17) is 0 Å². The van der Waals surface area contributed by atoms with Crippen molar-refractivity contribution in [2.45, 2.75) is 119 Å². The van der Waals surface area contributed by atoms with Crippen molar-refractivity contribution in [3.63, 3.8) is 0 Å². The van der Waals surface area contributed by atoms with Crippen LogP contribution in [0.25, 0.3) is 5.76 Å². The zero-order valence-electron chi connectivity index (χ0n) is 27.4. The van der Waals surface area contributed by atoms with Gasteiger partial charge >= 0.3 is 0 Å². The quantitative estimate of drug-likeness (QED) is 0.225. The normalized spacial score (nSPS) is 29.0. The fourth-order valence-corrected chi connectivity index (χ4v) is 8.86. The second kappa shape index (κ2) is 11.2. The second-order valence-corrected chi connectivity index (χ2v) is 14.5. The first-order valence-electron chi connectivity index (χ1n) is 16.0. The summed E-state index contributed by atoms with van der Waals surface area (Å²) in [5.74, 6) is -4.23. The molecule has 0 amide bonds. The van der Waals surface area contributed by atoms with E-state index in [1.165, 1.54) is 0 Å². The lowest BCUT2D eigenvalue weighted by atomic mass is 9.43. The summed E-state index contributed by atoms with van der Waals surface area (Å²) in [7, 11) is 0. The number of carbonyl (C=O) groups is 3. The summed E-state index contributed by atoms with van der Waals surface area (Å²) in [4.78, 5) is 40.8. The standard InChI is InChI=1S/C36H50O7/c1-10-21(11-2)13-12-14-22-15-23(18(3)4)24-16-34(8)17-35(9)27(19(5)6)30(39)25(20(7)37)32(41)36(35,43)33(42)28(34)31(40)26(24)29(22)38/h15,18-19,21,27,38,40-41,43H,10-14,16-17H2,1-9H3/t27?,34-,35-,36+/m1/s1. The Balaban J connectivity index is 1.97. The molecule has 4 atom stereocenters. The van der Waals surface area contributed by atoms with Gasteiger partial charge in [-0.3, -0.25) is 14.4 Å². The molecule has 3 aliphatic rings. The van der Waals surface area contributed by atoms with Crippen molar-refractivity contribution in [1.29, 1.82) is 0 Å². The average molecular weight is 595 g/mol. The van der Waals surface area contributed by atoms with Gasteiger partial charge in [0, 0.05) is 22.3 Å². The number of aryl methyl sites for hydroxylation is 1. The Bertz CT molecular complexity index is 1430. The smallest absolute Gasteiger partial charge is 0.203 e. The average Bonchev–Trinajstić information content (AvgIpc) is 2.89. The predicted octanol–water partition coefficient (Wildman–Crippen LogP) is 7.07. The minimum atomic E-state index is -2.60. The Labute approximate surface area is 256 Å². The van der Waals surface area contributed by atoms with Gasteiger partial charge in [-0.15, -0.1) is 0 Å². The number of carbonyl (C=O) groups excluding carboxylic acids is 3. The van der Waals surface area contributed by atoms with Crippen molar-refractivity contribution in [2.24, 2.45) is 28.6 Å². The lowest BCUT2D eigenvalue weighted by molar-refractivity contribution is -0.178. The molecule has 1 fully saturated rings. The molecule has 3 aliphatic carbocycles. The number of ketones is 3. The van der Waals surface area contributed by atoms with Gasteiger partial charge in [-0.05, 0) is 67.1 Å². The van der Waals surface area contributed by atoms with Crippen LogP contribution in [-0.4, -0.2) is 43.4 Å². The number of aliphatic hydroxyl groups excluding tert-OH is 2. The molecule has 1 unspecified atom stereocenters. The second-order valence-electron chi connectivity index (χ2n) is 14.5. The summed E-state index contributed by atoms with van der Waals surface area (Å²) in [6.45, 7) is 16.7. The van der Waals surface area contributed by atoms with Crippen LogP contribution < -0.4 is 0 Å². The molecule has 1 aromatic carbocycles. The number of fused-ring (bicyclic) bond motifs is 3. The van der Waals surface area contributed by atoms with E-state index < -0.39 is 56.8 Å². The summed E-state index contributed by atoms with van der Waals surface area (Å²) in [6, 6.07) is 2.03. The van der Waals surface area contributed by atoms with Crippen molar-refractivity contribution >= 4 is 23.1 Å². The molecule has 1 aromatic rings. The molecule has 7 nitrogen and oxygen atoms in total. The molecule has 0 radical (unpaired) electrons. The number of phenolic OH excluding ortho intramolecular Hbond substituents is 1. The third-order valence-corrected chi connectivity index (χ3v) is 11.0. The molecule has 0 bridgehead atoms. The van der Waals surface area contributed by atoms with Crippen LogP contribution in [-0.2, 0) is 27.2 Å². The Hall–Kier alpha value is -2.93. The van der Waals surface area contributed by atoms with E-state index in [1.54, 1.807) is 20.8 Å². The Morgan fingerprint density at radius 2 is 1.65 bits per heavy atom. The van der Waals surface area contributed by atoms with Crippen molar-refractivity contribution in [3.8, 4) is 5.75 Å². The van der Waals surface area contributed by atoms with Crippen LogP contribution in [0.3, 0.4) is 0 Å². The van der Waals surface area contributed by atoms with E-state index in [2.05, 4.69) is 27.7 Å². The molecule has 4 N–H and O–H groups in total. The van der Waals surface area contributed by atoms with Gasteiger partial charge in [0.1, 0.15) is 22.8 Å². The van der Waals surface area contributed by atoms with Crippen molar-refractivity contribution in [3.05, 3.63) is 45.2 Å². The topological polar surface area (TPSA) is 132 Å². The largest absolute Gasteiger partial charge is 0.508 e. The first-order valence-corrected chi connectivity index (χ1v) is 16.0. The SMILES string of the molecule is CCC(CC)CCCc1cc(C(C)C)c2c(c1O)C(O)=C1C(=O)[C@@]3(O)C(O)=C(C(C)=O)C(=O)C(C(C)C)[C@@]3(C)C[C@@]1(C)C2. The maximum absolute atomic E-state index is 14.6. The number of aliphatic hydroxyl groups is 3. The molecule has 7 heteroatoms. The van der Waals surface area contributed by atoms with Gasteiger partial charge < -0.3 is 20.4 Å². The molecular formula is C36H50O7. The maximum Gasteiger partial charge on any atom is 0.203 e. The number of phenols is 1. The van der Waals surface area contributed by atoms with E-state index in [0.29, 0.717) is 24.3 Å². The Morgan fingerprint density at radius 3 is 2.16 bits per heavy atom. The van der Waals surface area contributed by atoms with E-state index >= 15 is 0 Å². The Kier molecular flexibility index (Phi) is 8.60. The van der Waals surface area contributed by atoms with Crippen LogP contribution in [0, 0.1) is 28.6 Å². The van der Waals surface area contributed by atoms with Gasteiger partial charge in [-0.2, -0.15) is 0 Å². The summed E-state index contributed by atoms with van der Waals surface area (Å²) < 4.78 is 0. The van der Waals surface area contributed by atoms with Crippen LogP contribution in [0.15, 0.2) is 23.0 Å². The summed E-state index contributed by atoms with van der Waals surface area (Å²) in [6.07, 6.45) is 5.10. The Morgan fingerprint density at radius 1 is 1.05 bits per heavy atom. The van der Waals surface area contributed by atoms with Gasteiger partial charge in [0.05, 0.1) is 5.56 Å². The van der Waals surface area contributed by atoms with Gasteiger partial charge in [-0.25, -0.2) is 0 Å². The highest BCUT2D eigenvalue weighted by Gasteiger charge is 2.72. The first-order chi connectivity index (χ1) is 19.9. The zero-order valence-corrected chi connectivity index (χ0v) is 27.4. The monoisotopic (exact) mass is 594 g/mol. The molecule has 43 heavy (non-hydrogen) atoms. The third kappa shape index (κ3) is 4.68. The highest BCUT2D eigenvalue weighted by molar-refractivity contribution is 6.24. The van der Waals surface area contributed by atoms with Crippen LogP contribution in [0.4, 0.5) is 0 Å². The zero-order chi connectivity index (χ0) is 32.4. The predicted molar refractivity (Wildman–Crippen MR) is 167 cm³/mol. The van der Waals surface area contributed by atoms with Crippen LogP contribution in [0.1, 0.15) is 123 Å². The highest BCUT2D eigenvalue weighted by Crippen LogP contribution is 2.65. The van der Waals surface area contributed by atoms with Crippen LogP contribution >= 0.6 is 0 Å². The molecule has 1 saturated carbocycles. The number of aromatic hydroxyl groups is 1. The van der Waals surface area contributed by atoms with E-state index in [1.807, 2.05) is 13.0 Å². The van der Waals surface area contributed by atoms with Crippen molar-refractivity contribution in [2.75, 3.05) is 0 Å². The van der Waals surface area contributed by atoms with Crippen LogP contribution in [0.5, 0.6) is 5.75 Å². The first kappa shape index (κ1) is 33.0. The fourth-order valence-electron chi connectivity index (χ4n) is 8.86. The fraction of sp³-hybridized carbons (Fsp3) is 0.639. The molecule has 0 aliphatic heterocycles. The van der Waals surface area contributed by atoms with Crippen LogP contribution in [0.2, 0.25) is 0 Å². The van der Waals surface area contributed by atoms with Crippen molar-refractivity contribution in [1.82, 2.24) is 0 Å². The highest BCUT2D eigenvalue weighted by atomic mass is 16.3. The van der Waals surface area contributed by atoms with E-state index in [0.717, 1.165) is 43.7 Å². The van der Waals surface area contributed by atoms with Gasteiger partial charge in [0.2, 0.25) is 5.78 Å². The third-order valence-electron chi connectivity index (χ3n) is 11.0. The molecule has 0 saturated heterocycles. The lowest BCUT2D eigenvalue weighted by Crippen LogP contribution is -2.69. The number of Topliss-reactive ketones (excluding diaryl/α,β-unsaturated/α-hetero) is 3. The summed E-state index contributed by atoms with van der Waals surface area (Å²) >= 11 is 0. The summed E-state index contributed by atoms with van der Waals surface area (Å²) in [5.41, 5.74) is -3.04. The van der Waals surface area contributed by atoms with E-state index in [-0.39, 0.29) is 35.1 Å². The van der Waals surface area contributed by atoms with Crippen molar-refractivity contribution < 1.29 is 34.8 Å². The summed E-state index contributed by atoms with van der Waals surface area (Å²) in [5, 5.41) is 47.2. The number of allylic oxidation sites excluding steroid dienone is 1. The molecule has 4 rings (SSSR count). The van der Waals surface area contributed by atoms with Gasteiger partial charge in [0.15, 0.2) is 17.2 Å². The number of rotatable bonds is 9. The van der Waals surface area contributed by atoms with Gasteiger partial charge in [0.25, 0.3) is 0 Å². The van der Waals surface area contributed by atoms with Gasteiger partial charge in [-0.1, -0.05) is 80.7 Å². The lowest BCUT2D eigenvalue weighted by Gasteiger charge is -2.60. The van der Waals surface area contributed by atoms with E-state index in [9.17, 15) is 34.8 Å². The molecular weight excluding hydrogens is 544 g/mol. The number of hydrogen-bond donors (Lipinski definition) is 4. The molecule has 0 heterocycles. The molecule has 0 aromatic heterocycles. The number of benzene rings is 1. The number of hydrogen-bond acceptors (Lipinski definition) is 7. The molecule has 236 valence electrons. The minimum absolute atomic E-state index is 0.0628. The minimum Gasteiger partial charge on any atom is -0.508 e.